The number of carbonyl (C=O) groups is 1. The molecule has 0 saturated carbocycles. The summed E-state index contributed by atoms with van der Waals surface area (Å²) in [5.41, 5.74) is 6.78. The van der Waals surface area contributed by atoms with Gasteiger partial charge in [0, 0.05) is 18.7 Å². The summed E-state index contributed by atoms with van der Waals surface area (Å²) in [6.07, 6.45) is 3.41. The first kappa shape index (κ1) is 13.7. The second kappa shape index (κ2) is 6.43. The highest BCUT2D eigenvalue weighted by molar-refractivity contribution is 5.95. The SMILES string of the molecule is COc1ccc(C(=O)NCC2CCCCO2)cc1N. The molecular formula is C14H20N2O3. The minimum Gasteiger partial charge on any atom is -0.495 e. The van der Waals surface area contributed by atoms with Gasteiger partial charge < -0.3 is 20.5 Å². The van der Waals surface area contributed by atoms with E-state index in [9.17, 15) is 4.79 Å². The second-order valence-electron chi connectivity index (χ2n) is 4.66. The van der Waals surface area contributed by atoms with Crippen LogP contribution in [0.5, 0.6) is 5.75 Å². The highest BCUT2D eigenvalue weighted by Crippen LogP contribution is 2.21. The third kappa shape index (κ3) is 3.61. The molecule has 0 aromatic heterocycles. The summed E-state index contributed by atoms with van der Waals surface area (Å²) in [5, 5.41) is 2.87. The number of nitrogens with one attached hydrogen (secondary N) is 1. The normalized spacial score (nSPS) is 18.9. The van der Waals surface area contributed by atoms with Crippen LogP contribution in [0.25, 0.3) is 0 Å². The summed E-state index contributed by atoms with van der Waals surface area (Å²) in [4.78, 5) is 12.0. The number of methoxy groups -OCH3 is 1. The van der Waals surface area contributed by atoms with Gasteiger partial charge in [-0.05, 0) is 37.5 Å². The highest BCUT2D eigenvalue weighted by Gasteiger charge is 2.15. The molecule has 1 unspecified atom stereocenters. The topological polar surface area (TPSA) is 73.6 Å². The van der Waals surface area contributed by atoms with E-state index in [-0.39, 0.29) is 12.0 Å². The summed E-state index contributed by atoms with van der Waals surface area (Å²) < 4.78 is 10.6. The maximum absolute atomic E-state index is 12.0. The molecule has 1 saturated heterocycles. The van der Waals surface area contributed by atoms with Crippen molar-refractivity contribution in [2.24, 2.45) is 0 Å². The van der Waals surface area contributed by atoms with E-state index in [1.54, 1.807) is 25.3 Å². The maximum atomic E-state index is 12.0. The number of carbonyl (C=O) groups excluding carboxylic acids is 1. The quantitative estimate of drug-likeness (QED) is 0.810. The van der Waals surface area contributed by atoms with Gasteiger partial charge >= 0.3 is 0 Å². The number of amides is 1. The Morgan fingerprint density at radius 1 is 1.53 bits per heavy atom. The van der Waals surface area contributed by atoms with Crippen LogP contribution in [0.4, 0.5) is 5.69 Å². The van der Waals surface area contributed by atoms with Crippen molar-refractivity contribution in [2.75, 3.05) is 26.0 Å². The van der Waals surface area contributed by atoms with Gasteiger partial charge in [0.25, 0.3) is 5.91 Å². The van der Waals surface area contributed by atoms with Gasteiger partial charge in [-0.15, -0.1) is 0 Å². The van der Waals surface area contributed by atoms with Gasteiger partial charge in [-0.2, -0.15) is 0 Å². The van der Waals surface area contributed by atoms with Gasteiger partial charge in [0.15, 0.2) is 0 Å². The fourth-order valence-corrected chi connectivity index (χ4v) is 2.15. The van der Waals surface area contributed by atoms with Crippen molar-refractivity contribution in [1.82, 2.24) is 5.32 Å². The van der Waals surface area contributed by atoms with Crippen LogP contribution in [0, 0.1) is 0 Å². The number of nitrogen functional groups attached to an aromatic ring is 1. The fourth-order valence-electron chi connectivity index (χ4n) is 2.15. The molecule has 0 radical (unpaired) electrons. The lowest BCUT2D eigenvalue weighted by Crippen LogP contribution is -2.35. The number of anilines is 1. The summed E-state index contributed by atoms with van der Waals surface area (Å²) in [6.45, 7) is 1.33. The van der Waals surface area contributed by atoms with Gasteiger partial charge in [0.1, 0.15) is 5.75 Å². The third-order valence-electron chi connectivity index (χ3n) is 3.26. The van der Waals surface area contributed by atoms with Crippen molar-refractivity contribution >= 4 is 11.6 Å². The smallest absolute Gasteiger partial charge is 0.251 e. The van der Waals surface area contributed by atoms with E-state index in [2.05, 4.69) is 5.32 Å². The predicted molar refractivity (Wildman–Crippen MR) is 73.3 cm³/mol. The monoisotopic (exact) mass is 264 g/mol. The van der Waals surface area contributed by atoms with E-state index in [1.807, 2.05) is 0 Å². The summed E-state index contributed by atoms with van der Waals surface area (Å²) in [5.74, 6) is 0.440. The molecule has 0 aliphatic carbocycles. The number of nitrogens with two attached hydrogens (primary N) is 1. The molecule has 1 heterocycles. The molecule has 104 valence electrons. The average molecular weight is 264 g/mol. The molecule has 1 atom stereocenters. The summed E-state index contributed by atoms with van der Waals surface area (Å²) >= 11 is 0. The Balaban J connectivity index is 1.90. The van der Waals surface area contributed by atoms with Crippen molar-refractivity contribution in [3.05, 3.63) is 23.8 Å². The zero-order valence-electron chi connectivity index (χ0n) is 11.1. The first-order chi connectivity index (χ1) is 9.20. The molecular weight excluding hydrogens is 244 g/mol. The van der Waals surface area contributed by atoms with E-state index in [0.717, 1.165) is 25.9 Å². The molecule has 5 nitrogen and oxygen atoms in total. The van der Waals surface area contributed by atoms with Crippen LogP contribution in [0.15, 0.2) is 18.2 Å². The maximum Gasteiger partial charge on any atom is 0.251 e. The van der Waals surface area contributed by atoms with Crippen LogP contribution in [-0.4, -0.2) is 32.3 Å². The lowest BCUT2D eigenvalue weighted by atomic mass is 10.1. The predicted octanol–water partition coefficient (Wildman–Crippen LogP) is 1.58. The Morgan fingerprint density at radius 2 is 2.37 bits per heavy atom. The van der Waals surface area contributed by atoms with Crippen LogP contribution >= 0.6 is 0 Å². The van der Waals surface area contributed by atoms with Crippen molar-refractivity contribution in [1.29, 1.82) is 0 Å². The zero-order chi connectivity index (χ0) is 13.7. The van der Waals surface area contributed by atoms with Crippen LogP contribution in [0.1, 0.15) is 29.6 Å². The number of hydrogen-bond donors (Lipinski definition) is 2. The Labute approximate surface area is 113 Å². The summed E-state index contributed by atoms with van der Waals surface area (Å²) in [6, 6.07) is 5.02. The first-order valence-corrected chi connectivity index (χ1v) is 6.54. The minimum absolute atomic E-state index is 0.133. The molecule has 1 fully saturated rings. The van der Waals surface area contributed by atoms with Gasteiger partial charge in [-0.25, -0.2) is 0 Å². The van der Waals surface area contributed by atoms with Crippen molar-refractivity contribution in [3.8, 4) is 5.75 Å². The van der Waals surface area contributed by atoms with E-state index < -0.39 is 0 Å². The van der Waals surface area contributed by atoms with Crippen LogP contribution in [0.3, 0.4) is 0 Å². The number of ether oxygens (including phenoxy) is 2. The molecule has 5 heteroatoms. The van der Waals surface area contributed by atoms with Crippen molar-refractivity contribution in [3.63, 3.8) is 0 Å². The van der Waals surface area contributed by atoms with Crippen LogP contribution in [0.2, 0.25) is 0 Å². The van der Waals surface area contributed by atoms with Crippen molar-refractivity contribution < 1.29 is 14.3 Å². The molecule has 1 amide bonds. The molecule has 1 aromatic carbocycles. The minimum atomic E-state index is -0.136. The highest BCUT2D eigenvalue weighted by atomic mass is 16.5. The Bertz CT molecular complexity index is 442. The van der Waals surface area contributed by atoms with Crippen molar-refractivity contribution in [2.45, 2.75) is 25.4 Å². The lowest BCUT2D eigenvalue weighted by Gasteiger charge is -2.22. The molecule has 19 heavy (non-hydrogen) atoms. The summed E-state index contributed by atoms with van der Waals surface area (Å²) in [7, 11) is 1.55. The van der Waals surface area contributed by atoms with Gasteiger partial charge in [0.2, 0.25) is 0 Å². The number of rotatable bonds is 4. The van der Waals surface area contributed by atoms with Crippen LogP contribution in [-0.2, 0) is 4.74 Å². The molecule has 3 N–H and O–H groups in total. The Hall–Kier alpha value is -1.75. The zero-order valence-corrected chi connectivity index (χ0v) is 11.1. The third-order valence-corrected chi connectivity index (χ3v) is 3.26. The molecule has 1 aliphatic rings. The largest absolute Gasteiger partial charge is 0.495 e. The lowest BCUT2D eigenvalue weighted by molar-refractivity contribution is 0.0169. The van der Waals surface area contributed by atoms with E-state index >= 15 is 0 Å². The fraction of sp³-hybridized carbons (Fsp3) is 0.500. The van der Waals surface area contributed by atoms with Gasteiger partial charge in [-0.3, -0.25) is 4.79 Å². The Morgan fingerprint density at radius 3 is 3.00 bits per heavy atom. The molecule has 2 rings (SSSR count). The second-order valence-corrected chi connectivity index (χ2v) is 4.66. The average Bonchev–Trinajstić information content (AvgIpc) is 2.45. The van der Waals surface area contributed by atoms with Gasteiger partial charge in [-0.1, -0.05) is 0 Å². The van der Waals surface area contributed by atoms with E-state index in [4.69, 9.17) is 15.2 Å². The van der Waals surface area contributed by atoms with Gasteiger partial charge in [0.05, 0.1) is 18.9 Å². The molecule has 0 spiro atoms. The molecule has 1 aliphatic heterocycles. The van der Waals surface area contributed by atoms with Crippen LogP contribution < -0.4 is 15.8 Å². The Kier molecular flexibility index (Phi) is 4.63. The van der Waals surface area contributed by atoms with E-state index in [1.165, 1.54) is 0 Å². The standard InChI is InChI=1S/C14H20N2O3/c1-18-13-6-5-10(8-12(13)15)14(17)16-9-11-4-2-3-7-19-11/h5-6,8,11H,2-4,7,9,15H2,1H3,(H,16,17). The molecule has 0 bridgehead atoms. The number of hydrogen-bond acceptors (Lipinski definition) is 4. The van der Waals surface area contributed by atoms with E-state index in [0.29, 0.717) is 23.5 Å². The number of benzene rings is 1. The molecule has 1 aromatic rings. The first-order valence-electron chi connectivity index (χ1n) is 6.54.